The number of carbonyl (C=O) groups excluding carboxylic acids is 1. The fourth-order valence-corrected chi connectivity index (χ4v) is 6.41. The van der Waals surface area contributed by atoms with Crippen LogP contribution >= 0.6 is 23.4 Å². The zero-order valence-electron chi connectivity index (χ0n) is 20.5. The largest absolute Gasteiger partial charge is 0.511 e. The van der Waals surface area contributed by atoms with Gasteiger partial charge in [0.15, 0.2) is 5.16 Å². The molecule has 3 N–H and O–H groups in total. The lowest BCUT2D eigenvalue weighted by Crippen LogP contribution is -2.45. The highest BCUT2D eigenvalue weighted by molar-refractivity contribution is 8.03. The molecule has 1 unspecified atom stereocenters. The number of fused-ring (bicyclic) bond motifs is 1. The molecule has 0 radical (unpaired) electrons. The number of H-pyrrole nitrogens is 1. The van der Waals surface area contributed by atoms with Crippen molar-refractivity contribution in [3.63, 3.8) is 0 Å². The Bertz CT molecular complexity index is 1370. The van der Waals surface area contributed by atoms with E-state index in [2.05, 4.69) is 15.0 Å². The zero-order valence-corrected chi connectivity index (χ0v) is 22.1. The highest BCUT2D eigenvalue weighted by Gasteiger charge is 2.48. The smallest absolute Gasteiger partial charge is 0.349 e. The van der Waals surface area contributed by atoms with Crippen molar-refractivity contribution in [1.82, 2.24) is 15.0 Å². The minimum absolute atomic E-state index is 0.0315. The van der Waals surface area contributed by atoms with Crippen LogP contribution < -0.4 is 9.47 Å². The fraction of sp³-hybridized carbons (Fsp3) is 0.423. The molecule has 0 spiro atoms. The van der Waals surface area contributed by atoms with E-state index in [4.69, 9.17) is 25.8 Å². The number of benzene rings is 1. The van der Waals surface area contributed by atoms with E-state index >= 15 is 0 Å². The summed E-state index contributed by atoms with van der Waals surface area (Å²) >= 11 is 7.26. The summed E-state index contributed by atoms with van der Waals surface area (Å²) in [5.74, 6) is 0.408. The van der Waals surface area contributed by atoms with E-state index in [-0.39, 0.29) is 34.0 Å². The van der Waals surface area contributed by atoms with Crippen LogP contribution in [0.4, 0.5) is 0 Å². The first-order chi connectivity index (χ1) is 17.8. The van der Waals surface area contributed by atoms with Gasteiger partial charge in [0.2, 0.25) is 5.88 Å². The molecule has 11 heteroatoms. The summed E-state index contributed by atoms with van der Waals surface area (Å²) in [5, 5.41) is 22.4. The van der Waals surface area contributed by atoms with Gasteiger partial charge in [0.25, 0.3) is 0 Å². The lowest BCUT2D eigenvalue weighted by Gasteiger charge is -2.41. The number of cyclic esters (lactones) is 1. The number of aromatic nitrogens is 3. The molecule has 196 valence electrons. The van der Waals surface area contributed by atoms with E-state index in [0.29, 0.717) is 40.4 Å². The van der Waals surface area contributed by atoms with Gasteiger partial charge >= 0.3 is 5.97 Å². The van der Waals surface area contributed by atoms with Gasteiger partial charge in [-0.1, -0.05) is 24.4 Å². The Morgan fingerprint density at radius 1 is 1.19 bits per heavy atom. The fourth-order valence-electron chi connectivity index (χ4n) is 5.38. The molecule has 9 nitrogen and oxygen atoms in total. The SMILES string of the molecule is COc1cc(OC)c(CCC2(C3CCCC3)CC(O)=C(Sc3nc(O)c4cc[nH]c4n3)C(=O)O2)cc1Cl. The molecular weight excluding hydrogens is 518 g/mol. The number of rotatable bonds is 8. The van der Waals surface area contributed by atoms with Gasteiger partial charge in [0.05, 0.1) is 24.6 Å². The second kappa shape index (κ2) is 10.3. The van der Waals surface area contributed by atoms with Crippen molar-refractivity contribution >= 4 is 40.4 Å². The van der Waals surface area contributed by atoms with Crippen LogP contribution in [0.3, 0.4) is 0 Å². The van der Waals surface area contributed by atoms with Gasteiger partial charge < -0.3 is 29.4 Å². The van der Waals surface area contributed by atoms with Gasteiger partial charge in [-0.3, -0.25) is 0 Å². The molecule has 1 aliphatic heterocycles. The van der Waals surface area contributed by atoms with Crippen LogP contribution in [0.5, 0.6) is 17.4 Å². The van der Waals surface area contributed by atoms with Crippen molar-refractivity contribution < 1.29 is 29.2 Å². The highest BCUT2D eigenvalue weighted by Crippen LogP contribution is 2.48. The zero-order chi connectivity index (χ0) is 26.2. The maximum absolute atomic E-state index is 13.3. The van der Waals surface area contributed by atoms with E-state index < -0.39 is 11.6 Å². The Hall–Kier alpha value is -3.11. The molecule has 5 rings (SSSR count). The molecule has 2 aliphatic rings. The first kappa shape index (κ1) is 25.5. The van der Waals surface area contributed by atoms with Crippen molar-refractivity contribution in [1.29, 1.82) is 0 Å². The monoisotopic (exact) mass is 545 g/mol. The number of nitrogens with one attached hydrogen (secondary N) is 1. The Balaban J connectivity index is 1.43. The Morgan fingerprint density at radius 2 is 1.95 bits per heavy atom. The molecule has 2 aromatic heterocycles. The van der Waals surface area contributed by atoms with Crippen LogP contribution in [0, 0.1) is 5.92 Å². The maximum atomic E-state index is 13.3. The van der Waals surface area contributed by atoms with Gasteiger partial charge in [0, 0.05) is 18.7 Å². The molecule has 1 aliphatic carbocycles. The molecule has 0 amide bonds. The second-order valence-electron chi connectivity index (χ2n) is 9.36. The highest BCUT2D eigenvalue weighted by atomic mass is 35.5. The van der Waals surface area contributed by atoms with Crippen molar-refractivity contribution in [2.24, 2.45) is 5.92 Å². The van der Waals surface area contributed by atoms with Crippen molar-refractivity contribution in [2.45, 2.75) is 55.7 Å². The number of aromatic amines is 1. The topological polar surface area (TPSA) is 127 Å². The summed E-state index contributed by atoms with van der Waals surface area (Å²) in [6, 6.07) is 5.21. The summed E-state index contributed by atoms with van der Waals surface area (Å²) in [6.07, 6.45) is 6.81. The normalized spacial score (nSPS) is 20.5. The van der Waals surface area contributed by atoms with E-state index in [1.54, 1.807) is 32.5 Å². The molecular formula is C26H28ClN3O6S. The lowest BCUT2D eigenvalue weighted by molar-refractivity contribution is -0.166. The van der Waals surface area contributed by atoms with Crippen LogP contribution in [-0.4, -0.2) is 51.0 Å². The summed E-state index contributed by atoms with van der Waals surface area (Å²) in [6.45, 7) is 0. The number of ether oxygens (including phenoxy) is 3. The third-order valence-corrected chi connectivity index (χ3v) is 8.52. The van der Waals surface area contributed by atoms with Crippen LogP contribution in [0.2, 0.25) is 5.02 Å². The molecule has 0 bridgehead atoms. The number of esters is 1. The van der Waals surface area contributed by atoms with E-state index in [9.17, 15) is 15.0 Å². The van der Waals surface area contributed by atoms with E-state index in [0.717, 1.165) is 43.0 Å². The number of halogens is 1. The predicted octanol–water partition coefficient (Wildman–Crippen LogP) is 5.70. The predicted molar refractivity (Wildman–Crippen MR) is 139 cm³/mol. The number of hydrogen-bond donors (Lipinski definition) is 3. The first-order valence-electron chi connectivity index (χ1n) is 12.1. The number of thioether (sulfide) groups is 1. The minimum atomic E-state index is -0.856. The van der Waals surface area contributed by atoms with Crippen LogP contribution in [0.15, 0.2) is 40.2 Å². The number of nitrogens with zero attached hydrogens (tertiary/aromatic N) is 2. The van der Waals surface area contributed by atoms with Crippen molar-refractivity contribution in [2.75, 3.05) is 14.2 Å². The van der Waals surface area contributed by atoms with E-state index in [1.165, 1.54) is 0 Å². The van der Waals surface area contributed by atoms with Crippen LogP contribution in [-0.2, 0) is 16.0 Å². The molecule has 1 aromatic carbocycles. The summed E-state index contributed by atoms with van der Waals surface area (Å²) in [4.78, 5) is 24.7. The molecule has 3 aromatic rings. The van der Waals surface area contributed by atoms with Crippen LogP contribution in [0.1, 0.15) is 44.1 Å². The standard InChI is InChI=1S/C26H28ClN3O6S/c1-34-19-12-20(35-2)17(27)11-14(19)7-9-26(15-5-3-4-6-15)13-18(31)21(24(33)36-26)37-25-29-22-16(8-10-28-22)23(32)30-25/h8,10-12,15,31H,3-7,9,13H2,1-2H3,(H2,28,29,30,32). The Labute approximate surface area is 223 Å². The van der Waals surface area contributed by atoms with Crippen molar-refractivity contribution in [3.05, 3.63) is 45.6 Å². The van der Waals surface area contributed by atoms with Gasteiger partial charge in [-0.2, -0.15) is 4.98 Å². The van der Waals surface area contributed by atoms with Gasteiger partial charge in [-0.15, -0.1) is 0 Å². The van der Waals surface area contributed by atoms with Crippen molar-refractivity contribution in [3.8, 4) is 17.4 Å². The van der Waals surface area contributed by atoms with Gasteiger partial charge in [-0.25, -0.2) is 9.78 Å². The number of carbonyl (C=O) groups is 1. The van der Waals surface area contributed by atoms with Gasteiger partial charge in [0.1, 0.15) is 33.4 Å². The van der Waals surface area contributed by atoms with Gasteiger partial charge in [-0.05, 0) is 61.1 Å². The number of aliphatic hydroxyl groups is 1. The average molecular weight is 546 g/mol. The van der Waals surface area contributed by atoms with E-state index in [1.807, 2.05) is 6.07 Å². The minimum Gasteiger partial charge on any atom is -0.511 e. The molecule has 1 atom stereocenters. The van der Waals surface area contributed by atoms with Crippen LogP contribution in [0.25, 0.3) is 11.0 Å². The summed E-state index contributed by atoms with van der Waals surface area (Å²) in [7, 11) is 3.13. The Morgan fingerprint density at radius 3 is 2.65 bits per heavy atom. The average Bonchev–Trinajstić information content (AvgIpc) is 3.58. The number of aliphatic hydroxyl groups excluding tert-OH is 1. The summed E-state index contributed by atoms with van der Waals surface area (Å²) in [5.41, 5.74) is 0.450. The quantitative estimate of drug-likeness (QED) is 0.241. The molecule has 3 heterocycles. The third-order valence-electron chi connectivity index (χ3n) is 7.25. The second-order valence-corrected chi connectivity index (χ2v) is 10.7. The third kappa shape index (κ3) is 4.92. The Kier molecular flexibility index (Phi) is 7.13. The maximum Gasteiger partial charge on any atom is 0.349 e. The molecule has 1 fully saturated rings. The number of hydrogen-bond acceptors (Lipinski definition) is 9. The lowest BCUT2D eigenvalue weighted by atomic mass is 9.77. The number of aryl methyl sites for hydroxylation is 1. The first-order valence-corrected chi connectivity index (χ1v) is 13.3. The molecule has 37 heavy (non-hydrogen) atoms. The summed E-state index contributed by atoms with van der Waals surface area (Å²) < 4.78 is 17.0. The molecule has 0 saturated heterocycles. The number of methoxy groups -OCH3 is 2. The molecule has 1 saturated carbocycles. The number of aromatic hydroxyl groups is 1.